The van der Waals surface area contributed by atoms with Crippen molar-refractivity contribution in [3.8, 4) is 0 Å². The summed E-state index contributed by atoms with van der Waals surface area (Å²) in [6.45, 7) is 9.42. The van der Waals surface area contributed by atoms with Gasteiger partial charge in [-0.3, -0.25) is 19.2 Å². The average Bonchev–Trinajstić information content (AvgIpc) is 2.69. The van der Waals surface area contributed by atoms with Crippen molar-refractivity contribution >= 4 is 29.8 Å². The molecule has 0 saturated carbocycles. The predicted molar refractivity (Wildman–Crippen MR) is 118 cm³/mol. The number of ether oxygens (including phenoxy) is 6. The summed E-state index contributed by atoms with van der Waals surface area (Å²) in [6, 6.07) is 3.60. The average molecular weight is 494 g/mol. The Kier molecular flexibility index (Phi) is 9.35. The summed E-state index contributed by atoms with van der Waals surface area (Å²) in [5.74, 6) is -3.76. The normalized spacial score (nSPS) is 23.6. The number of hydrogen-bond acceptors (Lipinski definition) is 11. The van der Waals surface area contributed by atoms with E-state index in [1.165, 1.54) is 0 Å². The van der Waals surface area contributed by atoms with Crippen LogP contribution >= 0.6 is 0 Å². The highest BCUT2D eigenvalue weighted by atomic mass is 16.7. The fraction of sp³-hybridized carbons (Fsp3) is 0.542. The molecule has 1 heterocycles. The molecule has 0 radical (unpaired) electrons. The summed E-state index contributed by atoms with van der Waals surface area (Å²) in [5.41, 5.74) is 2.53. The smallest absolute Gasteiger partial charge is 0.341 e. The maximum absolute atomic E-state index is 13.1. The first-order chi connectivity index (χ1) is 16.3. The van der Waals surface area contributed by atoms with Gasteiger partial charge >= 0.3 is 29.8 Å². The predicted octanol–water partition coefficient (Wildman–Crippen LogP) is 1.85. The number of esters is 5. The van der Waals surface area contributed by atoms with Gasteiger partial charge in [0.05, 0.1) is 5.56 Å². The number of carbonyl (C=O) groups excluding carboxylic acids is 5. The van der Waals surface area contributed by atoms with Gasteiger partial charge < -0.3 is 28.4 Å². The number of hydrogen-bond donors (Lipinski definition) is 0. The second kappa shape index (κ2) is 11.8. The molecule has 0 N–H and O–H groups in total. The van der Waals surface area contributed by atoms with E-state index < -0.39 is 67.2 Å². The van der Waals surface area contributed by atoms with Crippen LogP contribution in [0.2, 0.25) is 0 Å². The molecule has 11 heteroatoms. The zero-order chi connectivity index (χ0) is 26.4. The van der Waals surface area contributed by atoms with Crippen molar-refractivity contribution < 1.29 is 52.4 Å². The highest BCUT2D eigenvalue weighted by Crippen LogP contribution is 2.31. The molecular weight excluding hydrogens is 464 g/mol. The quantitative estimate of drug-likeness (QED) is 0.405. The van der Waals surface area contributed by atoms with Crippen LogP contribution in [0.15, 0.2) is 12.1 Å². The molecule has 5 atom stereocenters. The third-order valence-corrected chi connectivity index (χ3v) is 5.05. The van der Waals surface area contributed by atoms with Crippen LogP contribution in [0.25, 0.3) is 0 Å². The summed E-state index contributed by atoms with van der Waals surface area (Å²) >= 11 is 0. The van der Waals surface area contributed by atoms with E-state index in [1.807, 2.05) is 6.92 Å². The van der Waals surface area contributed by atoms with Crippen molar-refractivity contribution in [2.24, 2.45) is 0 Å². The van der Waals surface area contributed by atoms with E-state index in [0.29, 0.717) is 11.1 Å². The Bertz CT molecular complexity index is 976. The van der Waals surface area contributed by atoms with Crippen molar-refractivity contribution in [3.05, 3.63) is 34.4 Å². The van der Waals surface area contributed by atoms with Crippen LogP contribution in [0, 0.1) is 20.8 Å². The molecule has 0 bridgehead atoms. The molecule has 1 aliphatic heterocycles. The Labute approximate surface area is 202 Å². The van der Waals surface area contributed by atoms with E-state index in [0.717, 1.165) is 33.3 Å². The summed E-state index contributed by atoms with van der Waals surface area (Å²) < 4.78 is 32.3. The van der Waals surface area contributed by atoms with Crippen molar-refractivity contribution in [1.29, 1.82) is 0 Å². The van der Waals surface area contributed by atoms with Gasteiger partial charge in [0.25, 0.3) is 0 Å². The van der Waals surface area contributed by atoms with Crippen LogP contribution < -0.4 is 0 Å². The van der Waals surface area contributed by atoms with Gasteiger partial charge in [0.1, 0.15) is 12.7 Å². The molecule has 2 rings (SSSR count). The highest BCUT2D eigenvalue weighted by molar-refractivity contribution is 5.93. The second-order valence-electron chi connectivity index (χ2n) is 8.25. The molecule has 0 spiro atoms. The summed E-state index contributed by atoms with van der Waals surface area (Å²) in [5, 5.41) is 0. The molecule has 1 fully saturated rings. The van der Waals surface area contributed by atoms with E-state index in [4.69, 9.17) is 28.4 Å². The Balaban J connectivity index is 2.50. The molecule has 1 aliphatic rings. The maximum atomic E-state index is 13.1. The second-order valence-corrected chi connectivity index (χ2v) is 8.25. The molecule has 0 aromatic heterocycles. The van der Waals surface area contributed by atoms with Gasteiger partial charge in [-0.05, 0) is 31.9 Å². The summed E-state index contributed by atoms with van der Waals surface area (Å²) in [6.07, 6.45) is -7.03. The topological polar surface area (TPSA) is 141 Å². The molecule has 0 aliphatic carbocycles. The van der Waals surface area contributed by atoms with Crippen LogP contribution in [0.3, 0.4) is 0 Å². The molecule has 1 saturated heterocycles. The lowest BCUT2D eigenvalue weighted by Crippen LogP contribution is -2.63. The van der Waals surface area contributed by atoms with E-state index in [2.05, 4.69) is 0 Å². The largest absolute Gasteiger partial charge is 0.463 e. The molecule has 1 aromatic carbocycles. The standard InChI is InChI=1S/C24H30O11/c1-11-8-12(2)19(13(3)9-11)23(29)35-24-22(33-17(7)28)21(32-16(6)27)20(31-15(5)26)18(34-24)10-30-14(4)25/h8-9,18,20-22,24H,10H2,1-7H3/t18?,20-,21?,22?,24?/m1/s1. The zero-order valence-electron chi connectivity index (χ0n) is 20.7. The zero-order valence-corrected chi connectivity index (χ0v) is 20.7. The molecule has 11 nitrogen and oxygen atoms in total. The monoisotopic (exact) mass is 494 g/mol. The van der Waals surface area contributed by atoms with Gasteiger partial charge in [-0.25, -0.2) is 4.79 Å². The minimum atomic E-state index is -1.58. The van der Waals surface area contributed by atoms with Crippen LogP contribution in [-0.2, 0) is 47.6 Å². The van der Waals surface area contributed by atoms with Gasteiger partial charge in [0, 0.05) is 27.7 Å². The Morgan fingerprint density at radius 1 is 0.714 bits per heavy atom. The minimum Gasteiger partial charge on any atom is -0.463 e. The first-order valence-electron chi connectivity index (χ1n) is 10.9. The third kappa shape index (κ3) is 7.51. The molecule has 192 valence electrons. The van der Waals surface area contributed by atoms with E-state index >= 15 is 0 Å². The summed E-state index contributed by atoms with van der Waals surface area (Å²) in [4.78, 5) is 60.1. The lowest BCUT2D eigenvalue weighted by Gasteiger charge is -2.43. The van der Waals surface area contributed by atoms with Gasteiger partial charge in [0.15, 0.2) is 12.2 Å². The summed E-state index contributed by atoms with van der Waals surface area (Å²) in [7, 11) is 0. The van der Waals surface area contributed by atoms with Crippen LogP contribution in [0.4, 0.5) is 0 Å². The maximum Gasteiger partial charge on any atom is 0.341 e. The van der Waals surface area contributed by atoms with Gasteiger partial charge in [0.2, 0.25) is 12.4 Å². The lowest BCUT2D eigenvalue weighted by atomic mass is 9.97. The van der Waals surface area contributed by atoms with Gasteiger partial charge in [-0.2, -0.15) is 0 Å². The molecule has 35 heavy (non-hydrogen) atoms. The Hall–Kier alpha value is -3.47. The number of carbonyl (C=O) groups is 5. The van der Waals surface area contributed by atoms with Crippen LogP contribution in [0.1, 0.15) is 54.7 Å². The molecule has 0 amide bonds. The van der Waals surface area contributed by atoms with E-state index in [1.54, 1.807) is 26.0 Å². The number of benzene rings is 1. The van der Waals surface area contributed by atoms with Crippen molar-refractivity contribution in [3.63, 3.8) is 0 Å². The van der Waals surface area contributed by atoms with Crippen LogP contribution in [0.5, 0.6) is 0 Å². The van der Waals surface area contributed by atoms with Gasteiger partial charge in [-0.15, -0.1) is 0 Å². The van der Waals surface area contributed by atoms with Gasteiger partial charge in [-0.1, -0.05) is 17.7 Å². The SMILES string of the molecule is CC(=O)OCC1OC(OC(=O)c2c(C)cc(C)cc2C)C(OC(C)=O)C(OC(C)=O)[C@@H]1OC(C)=O. The molecule has 1 aromatic rings. The molecular formula is C24H30O11. The van der Waals surface area contributed by atoms with Crippen LogP contribution in [-0.4, -0.2) is 67.2 Å². The third-order valence-electron chi connectivity index (χ3n) is 5.05. The first-order valence-corrected chi connectivity index (χ1v) is 10.9. The number of aryl methyl sites for hydroxylation is 3. The first kappa shape index (κ1) is 27.8. The lowest BCUT2D eigenvalue weighted by molar-refractivity contribution is -0.294. The Morgan fingerprint density at radius 2 is 1.20 bits per heavy atom. The highest BCUT2D eigenvalue weighted by Gasteiger charge is 2.53. The fourth-order valence-corrected chi connectivity index (χ4v) is 3.95. The molecule has 4 unspecified atom stereocenters. The van der Waals surface area contributed by atoms with Crippen molar-refractivity contribution in [1.82, 2.24) is 0 Å². The fourth-order valence-electron chi connectivity index (χ4n) is 3.95. The van der Waals surface area contributed by atoms with E-state index in [-0.39, 0.29) is 5.56 Å². The Morgan fingerprint density at radius 3 is 1.69 bits per heavy atom. The van der Waals surface area contributed by atoms with Crippen molar-refractivity contribution in [2.75, 3.05) is 6.61 Å². The van der Waals surface area contributed by atoms with Crippen molar-refractivity contribution in [2.45, 2.75) is 79.2 Å². The minimum absolute atomic E-state index is 0.281. The van der Waals surface area contributed by atoms with E-state index in [9.17, 15) is 24.0 Å². The number of rotatable bonds is 7.